The fourth-order valence-corrected chi connectivity index (χ4v) is 4.98. The normalized spacial score (nSPS) is 15.1. The number of anilines is 2. The van der Waals surface area contributed by atoms with Crippen LogP contribution >= 0.6 is 0 Å². The lowest BCUT2D eigenvalue weighted by molar-refractivity contribution is -0.137. The number of rotatable bonds is 6. The fourth-order valence-electron chi connectivity index (χ4n) is 4.98. The second-order valence-corrected chi connectivity index (χ2v) is 9.99. The number of hydrogen-bond donors (Lipinski definition) is 1. The summed E-state index contributed by atoms with van der Waals surface area (Å²) in [5.74, 6) is 0. The van der Waals surface area contributed by atoms with E-state index < -0.39 is 11.7 Å². The molecule has 0 spiro atoms. The monoisotopic (exact) mass is 558 g/mol. The first-order valence-electron chi connectivity index (χ1n) is 13.5. The fraction of sp³-hybridized carbons (Fsp3) is 0.258. The van der Waals surface area contributed by atoms with Crippen LogP contribution in [0.1, 0.15) is 11.3 Å². The van der Waals surface area contributed by atoms with Gasteiger partial charge in [0, 0.05) is 31.0 Å². The van der Waals surface area contributed by atoms with E-state index in [-0.39, 0.29) is 0 Å². The number of aromatic nitrogens is 3. The van der Waals surface area contributed by atoms with Gasteiger partial charge in [-0.3, -0.25) is 14.9 Å². The van der Waals surface area contributed by atoms with Crippen molar-refractivity contribution in [2.45, 2.75) is 13.1 Å². The number of pyridine rings is 1. The molecule has 3 aromatic rings. The predicted octanol–water partition coefficient (Wildman–Crippen LogP) is 5.83. The molecule has 1 saturated heterocycles. The van der Waals surface area contributed by atoms with Gasteiger partial charge in [0.1, 0.15) is 0 Å². The Hall–Kier alpha value is -4.28. The van der Waals surface area contributed by atoms with E-state index in [4.69, 9.17) is 14.7 Å². The van der Waals surface area contributed by atoms with Crippen LogP contribution in [-0.2, 0) is 10.9 Å². The lowest BCUT2D eigenvalue weighted by atomic mass is 10.1. The quantitative estimate of drug-likeness (QED) is 0.266. The summed E-state index contributed by atoms with van der Waals surface area (Å²) in [7, 11) is 0. The third-order valence-electron chi connectivity index (χ3n) is 7.14. The van der Waals surface area contributed by atoms with E-state index in [0.717, 1.165) is 84.1 Å². The van der Waals surface area contributed by atoms with Crippen LogP contribution < -0.4 is 10.7 Å². The summed E-state index contributed by atoms with van der Waals surface area (Å²) in [6.07, 6.45) is -2.64. The molecule has 41 heavy (non-hydrogen) atoms. The minimum atomic E-state index is -4.41. The van der Waals surface area contributed by atoms with Gasteiger partial charge in [0.05, 0.1) is 70.7 Å². The van der Waals surface area contributed by atoms with Gasteiger partial charge in [-0.1, -0.05) is 12.1 Å². The van der Waals surface area contributed by atoms with Crippen molar-refractivity contribution in [1.82, 2.24) is 19.4 Å². The van der Waals surface area contributed by atoms with Crippen LogP contribution in [-0.4, -0.2) is 58.8 Å². The molecule has 2 aromatic carbocycles. The number of aryl methyl sites for hydroxylation is 1. The standard InChI is InChI=1S/C31H29F3N6O/c1-21-6-9-23(20-36-21)37-27-18-28-30(19-26(27)35-12-13-39-14-16-41-17-15-39)40(29-5-3-2-4-25(29)38-28)24-10-7-22(8-11-24)31(32,33)34/h2-11,18-20,37H,12-17H2,1H3/b35-26+. The Morgan fingerprint density at radius 3 is 2.49 bits per heavy atom. The molecule has 10 heteroatoms. The zero-order valence-corrected chi connectivity index (χ0v) is 22.5. The maximum Gasteiger partial charge on any atom is 0.416 e. The first kappa shape index (κ1) is 26.9. The highest BCUT2D eigenvalue weighted by atomic mass is 19.4. The Bertz CT molecular complexity index is 1690. The SMILES string of the molecule is Cc1ccc(Nc2cc3nc4ccccc4n(-c4ccc(C(F)(F)F)cc4)c-3c/c2=N\CCN2CCOCC2)cn1. The summed E-state index contributed by atoms with van der Waals surface area (Å²) in [6, 6.07) is 20.6. The molecule has 1 aliphatic carbocycles. The van der Waals surface area contributed by atoms with E-state index in [1.807, 2.05) is 60.0 Å². The lowest BCUT2D eigenvalue weighted by Gasteiger charge is -2.25. The molecule has 1 N–H and O–H groups in total. The first-order chi connectivity index (χ1) is 19.8. The molecule has 0 saturated carbocycles. The molecule has 3 heterocycles. The Morgan fingerprint density at radius 2 is 1.76 bits per heavy atom. The molecular formula is C31H29F3N6O. The van der Waals surface area contributed by atoms with E-state index in [1.54, 1.807) is 6.20 Å². The number of halogens is 3. The lowest BCUT2D eigenvalue weighted by Crippen LogP contribution is -2.38. The molecule has 0 amide bonds. The summed E-state index contributed by atoms with van der Waals surface area (Å²) in [5.41, 5.74) is 5.32. The van der Waals surface area contributed by atoms with E-state index in [0.29, 0.717) is 17.9 Å². The highest BCUT2D eigenvalue weighted by Gasteiger charge is 2.30. The van der Waals surface area contributed by atoms with Gasteiger partial charge >= 0.3 is 6.18 Å². The molecule has 0 bridgehead atoms. The summed E-state index contributed by atoms with van der Waals surface area (Å²) in [5, 5.41) is 4.17. The van der Waals surface area contributed by atoms with Gasteiger partial charge in [0.25, 0.3) is 0 Å². The number of para-hydroxylation sites is 2. The van der Waals surface area contributed by atoms with Gasteiger partial charge < -0.3 is 14.6 Å². The van der Waals surface area contributed by atoms with Crippen LogP contribution in [0.5, 0.6) is 0 Å². The van der Waals surface area contributed by atoms with Crippen LogP contribution in [0.25, 0.3) is 28.1 Å². The minimum Gasteiger partial charge on any atom is -0.379 e. The van der Waals surface area contributed by atoms with Crippen molar-refractivity contribution in [2.75, 3.05) is 44.7 Å². The van der Waals surface area contributed by atoms with Gasteiger partial charge in [0.2, 0.25) is 0 Å². The second-order valence-electron chi connectivity index (χ2n) is 9.99. The molecule has 0 atom stereocenters. The summed E-state index contributed by atoms with van der Waals surface area (Å²) < 4.78 is 47.4. The van der Waals surface area contributed by atoms with Crippen molar-refractivity contribution in [1.29, 1.82) is 0 Å². The average Bonchev–Trinajstić information content (AvgIpc) is 2.97. The second kappa shape index (κ2) is 11.3. The van der Waals surface area contributed by atoms with Crippen LogP contribution in [0.2, 0.25) is 0 Å². The summed E-state index contributed by atoms with van der Waals surface area (Å²) >= 11 is 0. The van der Waals surface area contributed by atoms with E-state index >= 15 is 0 Å². The highest BCUT2D eigenvalue weighted by Crippen LogP contribution is 2.33. The maximum atomic E-state index is 13.3. The van der Waals surface area contributed by atoms with Crippen LogP contribution in [0.3, 0.4) is 0 Å². The van der Waals surface area contributed by atoms with E-state index in [9.17, 15) is 13.2 Å². The number of ether oxygens (including phenoxy) is 1. The highest BCUT2D eigenvalue weighted by molar-refractivity contribution is 5.84. The largest absolute Gasteiger partial charge is 0.416 e. The van der Waals surface area contributed by atoms with Crippen molar-refractivity contribution in [3.63, 3.8) is 0 Å². The average molecular weight is 559 g/mol. The number of nitrogens with one attached hydrogen (secondary N) is 1. The molecule has 0 unspecified atom stereocenters. The van der Waals surface area contributed by atoms with Crippen LogP contribution in [0.15, 0.2) is 84.0 Å². The Balaban J connectivity index is 1.50. The smallest absolute Gasteiger partial charge is 0.379 e. The topological polar surface area (TPSA) is 67.6 Å². The molecule has 2 aliphatic heterocycles. The molecule has 210 valence electrons. The zero-order valence-electron chi connectivity index (χ0n) is 22.5. The summed E-state index contributed by atoms with van der Waals surface area (Å²) in [4.78, 5) is 16.6. The van der Waals surface area contributed by atoms with Gasteiger partial charge in [-0.05, 0) is 67.6 Å². The van der Waals surface area contributed by atoms with Crippen LogP contribution in [0.4, 0.5) is 24.5 Å². The number of fused-ring (bicyclic) bond motifs is 2. The summed E-state index contributed by atoms with van der Waals surface area (Å²) in [6.45, 7) is 6.48. The van der Waals surface area contributed by atoms with Crippen molar-refractivity contribution < 1.29 is 17.9 Å². The Labute approximate surface area is 235 Å². The van der Waals surface area contributed by atoms with Crippen molar-refractivity contribution in [3.8, 4) is 17.1 Å². The molecule has 1 aromatic heterocycles. The third kappa shape index (κ3) is 5.94. The van der Waals surface area contributed by atoms with Gasteiger partial charge in [-0.25, -0.2) is 4.98 Å². The van der Waals surface area contributed by atoms with Gasteiger partial charge in [0.15, 0.2) is 0 Å². The van der Waals surface area contributed by atoms with Gasteiger partial charge in [-0.2, -0.15) is 13.2 Å². The third-order valence-corrected chi connectivity index (χ3v) is 7.14. The first-order valence-corrected chi connectivity index (χ1v) is 13.5. The van der Waals surface area contributed by atoms with Crippen LogP contribution in [0, 0.1) is 6.92 Å². The molecule has 0 radical (unpaired) electrons. The van der Waals surface area contributed by atoms with Crippen molar-refractivity contribution in [3.05, 3.63) is 95.6 Å². The molecule has 6 rings (SSSR count). The number of hydrogen-bond acceptors (Lipinski definition) is 6. The minimum absolute atomic E-state index is 0.577. The van der Waals surface area contributed by atoms with Crippen molar-refractivity contribution in [2.24, 2.45) is 4.99 Å². The van der Waals surface area contributed by atoms with E-state index in [2.05, 4.69) is 15.2 Å². The molecule has 1 fully saturated rings. The molecular weight excluding hydrogens is 529 g/mol. The molecule has 7 nitrogen and oxygen atoms in total. The number of morpholine rings is 1. The zero-order chi connectivity index (χ0) is 28.4. The maximum absolute atomic E-state index is 13.3. The van der Waals surface area contributed by atoms with Gasteiger partial charge in [-0.15, -0.1) is 0 Å². The Kier molecular flexibility index (Phi) is 7.42. The van der Waals surface area contributed by atoms with E-state index in [1.165, 1.54) is 12.1 Å². The van der Waals surface area contributed by atoms with Crippen molar-refractivity contribution >= 4 is 22.4 Å². The number of benzene rings is 3. The number of alkyl halides is 3. The predicted molar refractivity (Wildman–Crippen MR) is 153 cm³/mol. The number of nitrogens with zero attached hydrogens (tertiary/aromatic N) is 5. The Morgan fingerprint density at radius 1 is 0.976 bits per heavy atom. The molecule has 3 aliphatic rings.